The van der Waals surface area contributed by atoms with Crippen molar-refractivity contribution in [3.63, 3.8) is 0 Å². The molecule has 1 aromatic heterocycles. The Balaban J connectivity index is 1.66. The molecule has 0 spiro atoms. The molecule has 1 saturated heterocycles. The molecule has 0 bridgehead atoms. The van der Waals surface area contributed by atoms with Gasteiger partial charge in [0.15, 0.2) is 0 Å². The number of likely N-dealkylation sites (tertiary alicyclic amines) is 1. The van der Waals surface area contributed by atoms with E-state index >= 15 is 0 Å². The summed E-state index contributed by atoms with van der Waals surface area (Å²) in [5.74, 6) is -0.282. The van der Waals surface area contributed by atoms with E-state index in [9.17, 15) is 13.2 Å². The Bertz CT molecular complexity index is 930. The maximum atomic E-state index is 12.8. The summed E-state index contributed by atoms with van der Waals surface area (Å²) < 4.78 is 27.2. The number of nitrogens with zero attached hydrogens (tertiary/aromatic N) is 2. The van der Waals surface area contributed by atoms with Gasteiger partial charge < -0.3 is 9.80 Å². The van der Waals surface area contributed by atoms with Gasteiger partial charge in [0.05, 0.1) is 16.6 Å². The number of thiophene rings is 1. The van der Waals surface area contributed by atoms with Crippen molar-refractivity contribution >= 4 is 50.5 Å². The predicted octanol–water partition coefficient (Wildman–Crippen LogP) is 3.46. The van der Waals surface area contributed by atoms with Gasteiger partial charge in [-0.05, 0) is 55.1 Å². The molecule has 0 aliphatic carbocycles. The fraction of sp³-hybridized carbons (Fsp3) is 0.421. The zero-order valence-electron chi connectivity index (χ0n) is 15.8. The Morgan fingerprint density at radius 2 is 1.93 bits per heavy atom. The van der Waals surface area contributed by atoms with Gasteiger partial charge in [-0.25, -0.2) is 13.1 Å². The van der Waals surface area contributed by atoms with Gasteiger partial charge in [-0.3, -0.25) is 4.79 Å². The van der Waals surface area contributed by atoms with Crippen LogP contribution in [0.15, 0.2) is 39.9 Å². The average Bonchev–Trinajstić information content (AvgIpc) is 3.40. The Morgan fingerprint density at radius 1 is 1.17 bits per heavy atom. The molecular formula is C19H23Cl2N3O3S2. The SMILES string of the molecule is O=C(CNS(=O)(=O)c1cccs1)N(CCN1CCCC1)Cc1ccc(Cl)c(Cl)c1. The highest BCUT2D eigenvalue weighted by Gasteiger charge is 2.21. The maximum absolute atomic E-state index is 12.8. The second-order valence-corrected chi connectivity index (χ2v) is 10.6. The number of halogens is 2. The summed E-state index contributed by atoms with van der Waals surface area (Å²) in [6.07, 6.45) is 2.34. The second-order valence-electron chi connectivity index (χ2n) is 6.87. The van der Waals surface area contributed by atoms with E-state index in [2.05, 4.69) is 9.62 Å². The number of amides is 1. The van der Waals surface area contributed by atoms with Crippen molar-refractivity contribution in [1.82, 2.24) is 14.5 Å². The minimum absolute atomic E-state index is 0.193. The van der Waals surface area contributed by atoms with Gasteiger partial charge in [0.1, 0.15) is 4.21 Å². The standard InChI is InChI=1S/C19H23Cl2N3O3S2/c20-16-6-5-15(12-17(16)21)14-24(10-9-23-7-1-2-8-23)18(25)13-22-29(26,27)19-4-3-11-28-19/h3-6,11-12,22H,1-2,7-10,13-14H2. The zero-order valence-corrected chi connectivity index (χ0v) is 19.0. The van der Waals surface area contributed by atoms with E-state index in [1.54, 1.807) is 28.5 Å². The van der Waals surface area contributed by atoms with Gasteiger partial charge in [0, 0.05) is 19.6 Å². The molecule has 6 nitrogen and oxygen atoms in total. The second kappa shape index (κ2) is 10.2. The molecule has 0 saturated carbocycles. The molecule has 10 heteroatoms. The van der Waals surface area contributed by atoms with Crippen LogP contribution in [0.2, 0.25) is 10.0 Å². The van der Waals surface area contributed by atoms with Crippen LogP contribution in [0, 0.1) is 0 Å². The molecule has 0 radical (unpaired) electrons. The van der Waals surface area contributed by atoms with Crippen LogP contribution in [0.4, 0.5) is 0 Å². The molecule has 1 aliphatic rings. The van der Waals surface area contributed by atoms with E-state index in [1.165, 1.54) is 18.9 Å². The van der Waals surface area contributed by atoms with Crippen LogP contribution in [0.5, 0.6) is 0 Å². The molecule has 2 heterocycles. The van der Waals surface area contributed by atoms with E-state index in [4.69, 9.17) is 23.2 Å². The smallest absolute Gasteiger partial charge is 0.250 e. The van der Waals surface area contributed by atoms with Crippen LogP contribution in [0.1, 0.15) is 18.4 Å². The van der Waals surface area contributed by atoms with Gasteiger partial charge in [-0.2, -0.15) is 0 Å². The first-order valence-corrected chi connectivity index (χ1v) is 12.4. The van der Waals surface area contributed by atoms with Crippen molar-refractivity contribution in [3.8, 4) is 0 Å². The first-order valence-electron chi connectivity index (χ1n) is 9.32. The molecule has 0 atom stereocenters. The van der Waals surface area contributed by atoms with Crippen LogP contribution >= 0.6 is 34.5 Å². The van der Waals surface area contributed by atoms with Crippen molar-refractivity contribution in [3.05, 3.63) is 51.3 Å². The largest absolute Gasteiger partial charge is 0.336 e. The lowest BCUT2D eigenvalue weighted by molar-refractivity contribution is -0.130. The quantitative estimate of drug-likeness (QED) is 0.602. The number of benzene rings is 1. The van der Waals surface area contributed by atoms with Crippen LogP contribution < -0.4 is 4.72 Å². The fourth-order valence-corrected chi connectivity index (χ4v) is 5.51. The minimum Gasteiger partial charge on any atom is -0.336 e. The lowest BCUT2D eigenvalue weighted by Gasteiger charge is -2.26. The molecular weight excluding hydrogens is 453 g/mol. The van der Waals surface area contributed by atoms with Crippen LogP contribution in [0.25, 0.3) is 0 Å². The predicted molar refractivity (Wildman–Crippen MR) is 117 cm³/mol. The Kier molecular flexibility index (Phi) is 7.95. The topological polar surface area (TPSA) is 69.7 Å². The summed E-state index contributed by atoms with van der Waals surface area (Å²) in [6.45, 7) is 3.37. The van der Waals surface area contributed by atoms with Crippen molar-refractivity contribution in [2.75, 3.05) is 32.7 Å². The van der Waals surface area contributed by atoms with Gasteiger partial charge in [-0.1, -0.05) is 35.3 Å². The van der Waals surface area contributed by atoms with Gasteiger partial charge in [0.25, 0.3) is 10.0 Å². The van der Waals surface area contributed by atoms with Crippen molar-refractivity contribution < 1.29 is 13.2 Å². The van der Waals surface area contributed by atoms with E-state index in [1.807, 2.05) is 6.07 Å². The summed E-state index contributed by atoms with van der Waals surface area (Å²) in [6, 6.07) is 8.42. The van der Waals surface area contributed by atoms with Crippen LogP contribution in [-0.2, 0) is 21.4 Å². The molecule has 2 aromatic rings. The number of nitrogens with one attached hydrogen (secondary N) is 1. The van der Waals surface area contributed by atoms with E-state index in [0.29, 0.717) is 23.1 Å². The van der Waals surface area contributed by atoms with Crippen LogP contribution in [-0.4, -0.2) is 56.8 Å². The molecule has 1 amide bonds. The minimum atomic E-state index is -3.69. The molecule has 3 rings (SSSR count). The number of sulfonamides is 1. The maximum Gasteiger partial charge on any atom is 0.250 e. The van der Waals surface area contributed by atoms with Gasteiger partial charge in [0.2, 0.25) is 5.91 Å². The third-order valence-electron chi connectivity index (χ3n) is 4.77. The summed E-state index contributed by atoms with van der Waals surface area (Å²) in [4.78, 5) is 16.8. The lowest BCUT2D eigenvalue weighted by Crippen LogP contribution is -2.43. The Hall–Kier alpha value is -1.16. The Labute approximate surface area is 185 Å². The molecule has 1 aliphatic heterocycles. The first-order chi connectivity index (χ1) is 13.8. The number of rotatable bonds is 9. The highest BCUT2D eigenvalue weighted by atomic mass is 35.5. The highest BCUT2D eigenvalue weighted by molar-refractivity contribution is 7.91. The molecule has 1 N–H and O–H groups in total. The molecule has 1 aromatic carbocycles. The van der Waals surface area contributed by atoms with E-state index in [0.717, 1.165) is 36.5 Å². The number of carbonyl (C=O) groups excluding carboxylic acids is 1. The molecule has 1 fully saturated rings. The molecule has 29 heavy (non-hydrogen) atoms. The molecule has 158 valence electrons. The summed E-state index contributed by atoms with van der Waals surface area (Å²) in [5.41, 5.74) is 0.843. The number of carbonyl (C=O) groups is 1. The fourth-order valence-electron chi connectivity index (χ4n) is 3.17. The summed E-state index contributed by atoms with van der Waals surface area (Å²) >= 11 is 13.2. The zero-order chi connectivity index (χ0) is 20.9. The molecule has 0 unspecified atom stereocenters. The average molecular weight is 476 g/mol. The van der Waals surface area contributed by atoms with Crippen molar-refractivity contribution in [2.45, 2.75) is 23.6 Å². The van der Waals surface area contributed by atoms with E-state index in [-0.39, 0.29) is 16.7 Å². The summed E-state index contributed by atoms with van der Waals surface area (Å²) in [7, 11) is -3.69. The monoisotopic (exact) mass is 475 g/mol. The third kappa shape index (κ3) is 6.41. The van der Waals surface area contributed by atoms with Crippen LogP contribution in [0.3, 0.4) is 0 Å². The highest BCUT2D eigenvalue weighted by Crippen LogP contribution is 2.23. The van der Waals surface area contributed by atoms with Gasteiger partial charge >= 0.3 is 0 Å². The van der Waals surface area contributed by atoms with Gasteiger partial charge in [-0.15, -0.1) is 11.3 Å². The van der Waals surface area contributed by atoms with E-state index < -0.39 is 10.0 Å². The third-order valence-corrected chi connectivity index (χ3v) is 8.31. The normalized spacial score (nSPS) is 15.0. The first kappa shape index (κ1) is 22.5. The number of hydrogen-bond donors (Lipinski definition) is 1. The van der Waals surface area contributed by atoms with Crippen molar-refractivity contribution in [1.29, 1.82) is 0 Å². The van der Waals surface area contributed by atoms with Crippen molar-refractivity contribution in [2.24, 2.45) is 0 Å². The number of hydrogen-bond acceptors (Lipinski definition) is 5. The Morgan fingerprint density at radius 3 is 2.59 bits per heavy atom. The summed E-state index contributed by atoms with van der Waals surface area (Å²) in [5, 5.41) is 2.56. The lowest BCUT2D eigenvalue weighted by atomic mass is 10.2.